The smallest absolute Gasteiger partial charge is 0.260 e. The third kappa shape index (κ3) is 3.90. The number of hydrogen-bond donors (Lipinski definition) is 4. The monoisotopic (exact) mass is 436 g/mol. The van der Waals surface area contributed by atoms with Crippen molar-refractivity contribution in [2.75, 3.05) is 0 Å². The average Bonchev–Trinajstić information content (AvgIpc) is 2.82. The van der Waals surface area contributed by atoms with Crippen molar-refractivity contribution in [3.63, 3.8) is 0 Å². The van der Waals surface area contributed by atoms with Crippen LogP contribution in [0.25, 0.3) is 27.5 Å². The lowest BCUT2D eigenvalue weighted by Crippen LogP contribution is -2.37. The molecule has 0 atom stereocenters. The average molecular weight is 436 g/mol. The molecule has 4 aromatic carbocycles. The fraction of sp³-hybridized carbons (Fsp3) is 0.0370. The zero-order valence-electron chi connectivity index (χ0n) is 17.5. The summed E-state index contributed by atoms with van der Waals surface area (Å²) in [6, 6.07) is 24.2. The topological polar surface area (TPSA) is 98.7 Å². The first-order chi connectivity index (χ1) is 16.0. The Balaban J connectivity index is 1.49. The minimum Gasteiger partial charge on any atom is -0.504 e. The molecule has 1 heterocycles. The van der Waals surface area contributed by atoms with Crippen LogP contribution in [0.2, 0.25) is 0 Å². The van der Waals surface area contributed by atoms with E-state index in [0.29, 0.717) is 23.2 Å². The summed E-state index contributed by atoms with van der Waals surface area (Å²) in [5, 5.41) is 26.8. The van der Waals surface area contributed by atoms with Gasteiger partial charge in [-0.1, -0.05) is 48.5 Å². The number of amides is 2. The molecule has 6 nitrogen and oxygen atoms in total. The van der Waals surface area contributed by atoms with Gasteiger partial charge in [0.15, 0.2) is 11.5 Å². The molecule has 1 aliphatic heterocycles. The molecular weight excluding hydrogens is 416 g/mol. The molecule has 162 valence electrons. The molecule has 4 aromatic rings. The molecule has 0 spiro atoms. The minimum atomic E-state index is -0.482. The van der Waals surface area contributed by atoms with Crippen LogP contribution in [-0.2, 0) is 11.3 Å². The summed E-state index contributed by atoms with van der Waals surface area (Å²) in [7, 11) is 0. The van der Waals surface area contributed by atoms with Crippen molar-refractivity contribution < 1.29 is 19.8 Å². The lowest BCUT2D eigenvalue weighted by Gasteiger charge is -2.19. The van der Waals surface area contributed by atoms with Crippen molar-refractivity contribution >= 4 is 28.2 Å². The number of hydrogen-bond acceptors (Lipinski definition) is 5. The summed E-state index contributed by atoms with van der Waals surface area (Å²) in [4.78, 5) is 25.0. The first-order valence-electron chi connectivity index (χ1n) is 10.4. The van der Waals surface area contributed by atoms with Crippen LogP contribution < -0.4 is 10.6 Å². The van der Waals surface area contributed by atoms with Crippen LogP contribution in [0.1, 0.15) is 21.5 Å². The molecule has 1 aliphatic rings. The number of benzene rings is 4. The SMILES string of the molecule is O=C1NC(=O)c2ccc(-c3ccc4ccccc4c3)cc2/C1=C\NCc1ccc(O)c(O)c1. The highest BCUT2D eigenvalue weighted by molar-refractivity contribution is 6.31. The molecule has 0 aromatic heterocycles. The van der Waals surface area contributed by atoms with Crippen molar-refractivity contribution in [1.29, 1.82) is 0 Å². The van der Waals surface area contributed by atoms with Gasteiger partial charge in [-0.2, -0.15) is 0 Å². The number of carbonyl (C=O) groups is 2. The molecule has 0 bridgehead atoms. The summed E-state index contributed by atoms with van der Waals surface area (Å²) in [6.07, 6.45) is 1.56. The molecule has 0 saturated carbocycles. The largest absolute Gasteiger partial charge is 0.504 e. The Morgan fingerprint density at radius 2 is 1.48 bits per heavy atom. The zero-order chi connectivity index (χ0) is 22.9. The third-order valence-electron chi connectivity index (χ3n) is 5.70. The summed E-state index contributed by atoms with van der Waals surface area (Å²) < 4.78 is 0. The van der Waals surface area contributed by atoms with Gasteiger partial charge in [-0.15, -0.1) is 0 Å². The summed E-state index contributed by atoms with van der Waals surface area (Å²) in [5.41, 5.74) is 3.93. The van der Waals surface area contributed by atoms with Crippen molar-refractivity contribution in [2.45, 2.75) is 6.54 Å². The number of imide groups is 1. The van der Waals surface area contributed by atoms with Gasteiger partial charge in [-0.25, -0.2) is 0 Å². The van der Waals surface area contributed by atoms with E-state index in [1.165, 1.54) is 12.1 Å². The van der Waals surface area contributed by atoms with E-state index >= 15 is 0 Å². The van der Waals surface area contributed by atoms with Crippen LogP contribution in [0.15, 0.2) is 85.1 Å². The Labute approximate surface area is 189 Å². The van der Waals surface area contributed by atoms with E-state index in [0.717, 1.165) is 27.5 Å². The molecule has 2 amide bonds. The van der Waals surface area contributed by atoms with Crippen LogP contribution in [0.3, 0.4) is 0 Å². The predicted octanol–water partition coefficient (Wildman–Crippen LogP) is 4.32. The molecular formula is C27H20N2O4. The Morgan fingerprint density at radius 1 is 0.727 bits per heavy atom. The summed E-state index contributed by atoms with van der Waals surface area (Å²) in [5.74, 6) is -1.32. The first-order valence-corrected chi connectivity index (χ1v) is 10.4. The van der Waals surface area contributed by atoms with Crippen LogP contribution >= 0.6 is 0 Å². The maximum Gasteiger partial charge on any atom is 0.260 e. The number of rotatable bonds is 4. The van der Waals surface area contributed by atoms with E-state index < -0.39 is 11.8 Å². The fourth-order valence-corrected chi connectivity index (χ4v) is 3.97. The van der Waals surface area contributed by atoms with Gasteiger partial charge < -0.3 is 15.5 Å². The van der Waals surface area contributed by atoms with E-state index in [9.17, 15) is 19.8 Å². The number of phenols is 2. The molecule has 0 radical (unpaired) electrons. The Hall–Kier alpha value is -4.58. The summed E-state index contributed by atoms with van der Waals surface area (Å²) >= 11 is 0. The van der Waals surface area contributed by atoms with Gasteiger partial charge in [0.1, 0.15) is 0 Å². The van der Waals surface area contributed by atoms with E-state index in [-0.39, 0.29) is 11.5 Å². The van der Waals surface area contributed by atoms with Gasteiger partial charge in [0.05, 0.1) is 5.57 Å². The highest BCUT2D eigenvalue weighted by Gasteiger charge is 2.27. The third-order valence-corrected chi connectivity index (χ3v) is 5.70. The number of carbonyl (C=O) groups excluding carboxylic acids is 2. The van der Waals surface area contributed by atoms with Crippen LogP contribution in [0, 0.1) is 0 Å². The molecule has 0 unspecified atom stereocenters. The number of phenolic OH excluding ortho intramolecular Hbond substituents is 2. The quantitative estimate of drug-likeness (QED) is 0.217. The molecule has 5 rings (SSSR count). The van der Waals surface area contributed by atoms with Crippen LogP contribution in [-0.4, -0.2) is 22.0 Å². The highest BCUT2D eigenvalue weighted by atomic mass is 16.3. The van der Waals surface area contributed by atoms with Gasteiger partial charge in [0, 0.05) is 23.9 Å². The van der Waals surface area contributed by atoms with E-state index in [1.54, 1.807) is 18.3 Å². The number of fused-ring (bicyclic) bond motifs is 2. The molecule has 0 aliphatic carbocycles. The van der Waals surface area contributed by atoms with Crippen molar-refractivity contribution in [3.8, 4) is 22.6 Å². The molecule has 33 heavy (non-hydrogen) atoms. The lowest BCUT2D eigenvalue weighted by molar-refractivity contribution is -0.114. The van der Waals surface area contributed by atoms with Crippen molar-refractivity contribution in [1.82, 2.24) is 10.6 Å². The predicted molar refractivity (Wildman–Crippen MR) is 126 cm³/mol. The van der Waals surface area contributed by atoms with Crippen LogP contribution in [0.4, 0.5) is 0 Å². The molecule has 4 N–H and O–H groups in total. The second kappa shape index (κ2) is 8.16. The van der Waals surface area contributed by atoms with E-state index in [2.05, 4.69) is 22.8 Å². The van der Waals surface area contributed by atoms with Gasteiger partial charge in [-0.3, -0.25) is 14.9 Å². The fourth-order valence-electron chi connectivity index (χ4n) is 3.97. The zero-order valence-corrected chi connectivity index (χ0v) is 17.5. The van der Waals surface area contributed by atoms with Gasteiger partial charge in [0.25, 0.3) is 11.8 Å². The van der Waals surface area contributed by atoms with Gasteiger partial charge >= 0.3 is 0 Å². The number of aromatic hydroxyl groups is 2. The maximum atomic E-state index is 12.6. The van der Waals surface area contributed by atoms with Crippen molar-refractivity contribution in [3.05, 3.63) is 102 Å². The Bertz CT molecular complexity index is 1460. The molecule has 0 fully saturated rings. The van der Waals surface area contributed by atoms with E-state index in [4.69, 9.17) is 0 Å². The van der Waals surface area contributed by atoms with Gasteiger partial charge in [-0.05, 0) is 57.8 Å². The minimum absolute atomic E-state index is 0.197. The highest BCUT2D eigenvalue weighted by Crippen LogP contribution is 2.31. The standard InChI is InChI=1S/C27H20N2O4/c30-24-10-5-16(11-25(24)31)14-28-15-23-22-13-20(8-9-21(22)26(32)29-27(23)33)19-7-6-17-3-1-2-4-18(17)12-19/h1-13,15,28,30-31H,14H2,(H,29,32,33)/b23-15+. The van der Waals surface area contributed by atoms with E-state index in [1.807, 2.05) is 42.5 Å². The second-order valence-corrected chi connectivity index (χ2v) is 7.87. The Kier molecular flexibility index (Phi) is 5.03. The second-order valence-electron chi connectivity index (χ2n) is 7.87. The first kappa shape index (κ1) is 20.3. The normalized spacial score (nSPS) is 14.2. The molecule has 0 saturated heterocycles. The maximum absolute atomic E-state index is 12.6. The van der Waals surface area contributed by atoms with Crippen LogP contribution in [0.5, 0.6) is 11.5 Å². The number of nitrogens with one attached hydrogen (secondary N) is 2. The van der Waals surface area contributed by atoms with Gasteiger partial charge in [0.2, 0.25) is 0 Å². The lowest BCUT2D eigenvalue weighted by atomic mass is 9.91. The summed E-state index contributed by atoms with van der Waals surface area (Å²) in [6.45, 7) is 0.318. The Morgan fingerprint density at radius 3 is 2.30 bits per heavy atom. The van der Waals surface area contributed by atoms with Crippen molar-refractivity contribution in [2.24, 2.45) is 0 Å². The molecule has 6 heteroatoms.